The first kappa shape index (κ1) is 12.0. The van der Waals surface area contributed by atoms with Gasteiger partial charge in [-0.25, -0.2) is 4.79 Å². The number of pyridine rings is 1. The van der Waals surface area contributed by atoms with Gasteiger partial charge in [-0.1, -0.05) is 0 Å². The van der Waals surface area contributed by atoms with Crippen LogP contribution >= 0.6 is 0 Å². The lowest BCUT2D eigenvalue weighted by molar-refractivity contribution is 0.0523. The van der Waals surface area contributed by atoms with Gasteiger partial charge in [0, 0.05) is 12.1 Å². The molecule has 4 heteroatoms. The molecule has 2 rings (SSSR count). The number of aromatic nitrogens is 1. The molecule has 0 saturated carbocycles. The molecule has 1 saturated heterocycles. The monoisotopic (exact) mass is 234 g/mol. The second kappa shape index (κ2) is 5.77. The van der Waals surface area contributed by atoms with Crippen molar-refractivity contribution in [3.8, 4) is 0 Å². The number of piperidine rings is 1. The maximum absolute atomic E-state index is 11.8. The Morgan fingerprint density at radius 1 is 1.53 bits per heavy atom. The summed E-state index contributed by atoms with van der Waals surface area (Å²) >= 11 is 0. The van der Waals surface area contributed by atoms with Gasteiger partial charge < -0.3 is 10.1 Å². The van der Waals surface area contributed by atoms with E-state index in [1.807, 2.05) is 13.0 Å². The van der Waals surface area contributed by atoms with Gasteiger partial charge >= 0.3 is 5.97 Å². The third-order valence-corrected chi connectivity index (χ3v) is 3.06. The third kappa shape index (κ3) is 2.82. The van der Waals surface area contributed by atoms with E-state index in [9.17, 15) is 4.79 Å². The molecular weight excluding hydrogens is 216 g/mol. The van der Waals surface area contributed by atoms with E-state index in [0.717, 1.165) is 31.6 Å². The lowest BCUT2D eigenvalue weighted by Crippen LogP contribution is -2.28. The zero-order chi connectivity index (χ0) is 12.1. The Labute approximate surface area is 101 Å². The number of ether oxygens (including phenoxy) is 1. The highest BCUT2D eigenvalue weighted by atomic mass is 16.5. The van der Waals surface area contributed by atoms with E-state index in [1.165, 1.54) is 0 Å². The first-order valence-corrected chi connectivity index (χ1v) is 6.15. The van der Waals surface area contributed by atoms with Crippen molar-refractivity contribution in [1.82, 2.24) is 10.3 Å². The molecule has 0 radical (unpaired) electrons. The molecule has 2 heterocycles. The summed E-state index contributed by atoms with van der Waals surface area (Å²) in [6.07, 6.45) is 3.81. The van der Waals surface area contributed by atoms with Gasteiger partial charge in [0.25, 0.3) is 0 Å². The van der Waals surface area contributed by atoms with Crippen molar-refractivity contribution in [1.29, 1.82) is 0 Å². The molecule has 0 atom stereocenters. The molecule has 0 aliphatic carbocycles. The van der Waals surface area contributed by atoms with Gasteiger partial charge in [-0.15, -0.1) is 0 Å². The van der Waals surface area contributed by atoms with Crippen molar-refractivity contribution in [3.63, 3.8) is 0 Å². The van der Waals surface area contributed by atoms with Crippen LogP contribution in [-0.4, -0.2) is 30.6 Å². The van der Waals surface area contributed by atoms with E-state index >= 15 is 0 Å². The second-order valence-corrected chi connectivity index (χ2v) is 4.18. The molecule has 1 aromatic heterocycles. The molecule has 0 spiro atoms. The smallest absolute Gasteiger partial charge is 0.339 e. The van der Waals surface area contributed by atoms with Gasteiger partial charge in [0.2, 0.25) is 0 Å². The van der Waals surface area contributed by atoms with E-state index in [-0.39, 0.29) is 5.97 Å². The van der Waals surface area contributed by atoms with Crippen LogP contribution in [0.15, 0.2) is 18.3 Å². The van der Waals surface area contributed by atoms with Gasteiger partial charge in [-0.2, -0.15) is 0 Å². The molecular formula is C13H18N2O2. The van der Waals surface area contributed by atoms with Crippen LogP contribution in [0.4, 0.5) is 0 Å². The molecule has 0 amide bonds. The summed E-state index contributed by atoms with van der Waals surface area (Å²) in [6, 6.07) is 3.60. The number of hydrogen-bond acceptors (Lipinski definition) is 4. The topological polar surface area (TPSA) is 51.2 Å². The molecule has 92 valence electrons. The summed E-state index contributed by atoms with van der Waals surface area (Å²) in [5, 5.41) is 3.31. The predicted octanol–water partition coefficient (Wildman–Crippen LogP) is 1.73. The summed E-state index contributed by atoms with van der Waals surface area (Å²) in [5.74, 6) is 0.117. The Hall–Kier alpha value is -1.42. The fraction of sp³-hybridized carbons (Fsp3) is 0.538. The fourth-order valence-corrected chi connectivity index (χ4v) is 2.22. The number of nitrogens with zero attached hydrogens (tertiary/aromatic N) is 1. The third-order valence-electron chi connectivity index (χ3n) is 3.06. The first-order valence-electron chi connectivity index (χ1n) is 6.15. The van der Waals surface area contributed by atoms with Gasteiger partial charge in [-0.3, -0.25) is 4.98 Å². The summed E-state index contributed by atoms with van der Waals surface area (Å²) in [6.45, 7) is 4.20. The molecule has 0 unspecified atom stereocenters. The Bertz CT molecular complexity index is 387. The molecule has 17 heavy (non-hydrogen) atoms. The van der Waals surface area contributed by atoms with Crippen LogP contribution in [0.2, 0.25) is 0 Å². The molecule has 4 nitrogen and oxygen atoms in total. The molecule has 0 aromatic carbocycles. The van der Waals surface area contributed by atoms with Crippen molar-refractivity contribution < 1.29 is 9.53 Å². The minimum Gasteiger partial charge on any atom is -0.462 e. The van der Waals surface area contributed by atoms with Crippen LogP contribution in [0.1, 0.15) is 41.7 Å². The highest BCUT2D eigenvalue weighted by Gasteiger charge is 2.22. The minimum absolute atomic E-state index is 0.255. The zero-order valence-corrected chi connectivity index (χ0v) is 10.1. The Morgan fingerprint density at radius 2 is 2.29 bits per heavy atom. The normalized spacial score (nSPS) is 16.8. The van der Waals surface area contributed by atoms with E-state index < -0.39 is 0 Å². The first-order chi connectivity index (χ1) is 8.33. The maximum Gasteiger partial charge on any atom is 0.339 e. The van der Waals surface area contributed by atoms with Crippen molar-refractivity contribution >= 4 is 5.97 Å². The van der Waals surface area contributed by atoms with E-state index in [4.69, 9.17) is 4.74 Å². The predicted molar refractivity (Wildman–Crippen MR) is 65.0 cm³/mol. The number of carbonyl (C=O) groups excluding carboxylic acids is 1. The van der Waals surface area contributed by atoms with Crippen LogP contribution in [0.5, 0.6) is 0 Å². The van der Waals surface area contributed by atoms with E-state index in [2.05, 4.69) is 10.3 Å². The van der Waals surface area contributed by atoms with Crippen LogP contribution < -0.4 is 5.32 Å². The van der Waals surface area contributed by atoms with Crippen LogP contribution in [-0.2, 0) is 4.74 Å². The van der Waals surface area contributed by atoms with E-state index in [0.29, 0.717) is 18.1 Å². The summed E-state index contributed by atoms with van der Waals surface area (Å²) in [4.78, 5) is 16.2. The average Bonchev–Trinajstić information content (AvgIpc) is 2.40. The molecule has 0 bridgehead atoms. The largest absolute Gasteiger partial charge is 0.462 e. The maximum atomic E-state index is 11.8. The number of carbonyl (C=O) groups is 1. The number of rotatable bonds is 3. The molecule has 1 N–H and O–H groups in total. The molecule has 1 fully saturated rings. The van der Waals surface area contributed by atoms with Gasteiger partial charge in [0.05, 0.1) is 17.9 Å². The zero-order valence-electron chi connectivity index (χ0n) is 10.1. The van der Waals surface area contributed by atoms with Crippen LogP contribution in [0, 0.1) is 0 Å². The summed E-state index contributed by atoms with van der Waals surface area (Å²) < 4.78 is 5.06. The minimum atomic E-state index is -0.255. The van der Waals surface area contributed by atoms with Crippen molar-refractivity contribution in [2.45, 2.75) is 25.7 Å². The molecule has 1 aromatic rings. The molecule has 1 aliphatic heterocycles. The van der Waals surface area contributed by atoms with Crippen LogP contribution in [0.25, 0.3) is 0 Å². The standard InChI is InChI=1S/C13H18N2O2/c1-2-17-13(16)11-4-3-7-15-12(11)10-5-8-14-9-6-10/h3-4,7,10,14H,2,5-6,8-9H2,1H3. The Balaban J connectivity index is 2.23. The number of nitrogens with one attached hydrogen (secondary N) is 1. The highest BCUT2D eigenvalue weighted by molar-refractivity contribution is 5.90. The SMILES string of the molecule is CCOC(=O)c1cccnc1C1CCNCC1. The Kier molecular flexibility index (Phi) is 4.09. The lowest BCUT2D eigenvalue weighted by atomic mass is 9.91. The van der Waals surface area contributed by atoms with Crippen LogP contribution in [0.3, 0.4) is 0 Å². The van der Waals surface area contributed by atoms with Crippen molar-refractivity contribution in [2.24, 2.45) is 0 Å². The van der Waals surface area contributed by atoms with Crippen molar-refractivity contribution in [3.05, 3.63) is 29.6 Å². The summed E-state index contributed by atoms with van der Waals surface area (Å²) in [5.41, 5.74) is 1.52. The fourth-order valence-electron chi connectivity index (χ4n) is 2.22. The van der Waals surface area contributed by atoms with E-state index in [1.54, 1.807) is 12.3 Å². The quantitative estimate of drug-likeness (QED) is 0.809. The summed E-state index contributed by atoms with van der Waals surface area (Å²) in [7, 11) is 0. The lowest BCUT2D eigenvalue weighted by Gasteiger charge is -2.23. The van der Waals surface area contributed by atoms with Gasteiger partial charge in [-0.05, 0) is 45.0 Å². The average molecular weight is 234 g/mol. The van der Waals surface area contributed by atoms with Gasteiger partial charge in [0.1, 0.15) is 0 Å². The second-order valence-electron chi connectivity index (χ2n) is 4.18. The van der Waals surface area contributed by atoms with Crippen molar-refractivity contribution in [2.75, 3.05) is 19.7 Å². The number of hydrogen-bond donors (Lipinski definition) is 1. The molecule has 1 aliphatic rings. The highest BCUT2D eigenvalue weighted by Crippen LogP contribution is 2.26. The van der Waals surface area contributed by atoms with Gasteiger partial charge in [0.15, 0.2) is 0 Å². The Morgan fingerprint density at radius 3 is 3.00 bits per heavy atom. The number of esters is 1.